The lowest BCUT2D eigenvalue weighted by Crippen LogP contribution is -2.54. The molecule has 3 rings (SSSR count). The fourth-order valence-corrected chi connectivity index (χ4v) is 4.57. The standard InChI is InChI=1S/C13H19N3O3S/c1-15-8-5-13(6-9-15)16(10-11-19-13)20(17,18)12-4-2-3-7-14-12/h2-4,7H,5-6,8-11H2,1H3. The van der Waals surface area contributed by atoms with E-state index in [1.54, 1.807) is 12.1 Å². The molecule has 0 saturated carbocycles. The van der Waals surface area contributed by atoms with Crippen molar-refractivity contribution in [2.75, 3.05) is 33.3 Å². The molecule has 0 N–H and O–H groups in total. The second-order valence-corrected chi connectivity index (χ2v) is 7.15. The topological polar surface area (TPSA) is 62.7 Å². The van der Waals surface area contributed by atoms with Gasteiger partial charge < -0.3 is 9.64 Å². The van der Waals surface area contributed by atoms with Crippen molar-refractivity contribution < 1.29 is 13.2 Å². The summed E-state index contributed by atoms with van der Waals surface area (Å²) in [6.07, 6.45) is 2.91. The Morgan fingerprint density at radius 1 is 1.25 bits per heavy atom. The van der Waals surface area contributed by atoms with E-state index in [0.717, 1.165) is 13.1 Å². The van der Waals surface area contributed by atoms with Crippen molar-refractivity contribution in [2.24, 2.45) is 0 Å². The third kappa shape index (κ3) is 2.24. The molecular formula is C13H19N3O3S. The van der Waals surface area contributed by atoms with Crippen LogP contribution >= 0.6 is 0 Å². The quantitative estimate of drug-likeness (QED) is 0.796. The van der Waals surface area contributed by atoms with Crippen molar-refractivity contribution in [2.45, 2.75) is 23.6 Å². The number of likely N-dealkylation sites (tertiary alicyclic amines) is 1. The van der Waals surface area contributed by atoms with Crippen LogP contribution in [0.4, 0.5) is 0 Å². The summed E-state index contributed by atoms with van der Waals surface area (Å²) >= 11 is 0. The molecule has 2 aliphatic heterocycles. The Hall–Kier alpha value is -1.02. The smallest absolute Gasteiger partial charge is 0.263 e. The van der Waals surface area contributed by atoms with Crippen LogP contribution in [-0.4, -0.2) is 61.6 Å². The van der Waals surface area contributed by atoms with Crippen LogP contribution in [0.15, 0.2) is 29.4 Å². The van der Waals surface area contributed by atoms with Crippen molar-refractivity contribution in [3.05, 3.63) is 24.4 Å². The molecule has 1 spiro atoms. The number of piperidine rings is 1. The minimum absolute atomic E-state index is 0.101. The summed E-state index contributed by atoms with van der Waals surface area (Å²) in [6.45, 7) is 2.54. The first-order valence-corrected chi connectivity index (χ1v) is 8.25. The average molecular weight is 297 g/mol. The second kappa shape index (κ2) is 5.07. The minimum Gasteiger partial charge on any atom is -0.358 e. The van der Waals surface area contributed by atoms with Gasteiger partial charge in [-0.25, -0.2) is 13.4 Å². The van der Waals surface area contributed by atoms with Gasteiger partial charge in [-0.15, -0.1) is 0 Å². The molecule has 0 aromatic carbocycles. The van der Waals surface area contributed by atoms with E-state index in [2.05, 4.69) is 9.88 Å². The van der Waals surface area contributed by atoms with Gasteiger partial charge >= 0.3 is 0 Å². The molecule has 0 unspecified atom stereocenters. The monoisotopic (exact) mass is 297 g/mol. The first-order valence-electron chi connectivity index (χ1n) is 6.81. The predicted molar refractivity (Wildman–Crippen MR) is 73.5 cm³/mol. The summed E-state index contributed by atoms with van der Waals surface area (Å²) in [5.74, 6) is 0. The molecule has 2 saturated heterocycles. The predicted octanol–water partition coefficient (Wildman–Crippen LogP) is 0.524. The van der Waals surface area contributed by atoms with Crippen LogP contribution < -0.4 is 0 Å². The van der Waals surface area contributed by atoms with Crippen molar-refractivity contribution in [3.63, 3.8) is 0 Å². The van der Waals surface area contributed by atoms with Gasteiger partial charge in [-0.2, -0.15) is 4.31 Å². The fourth-order valence-electron chi connectivity index (χ4n) is 2.91. The zero-order chi connectivity index (χ0) is 14.2. The molecule has 0 atom stereocenters. The second-order valence-electron chi connectivity index (χ2n) is 5.34. The summed E-state index contributed by atoms with van der Waals surface area (Å²) < 4.78 is 32.9. The van der Waals surface area contributed by atoms with Crippen LogP contribution in [0.1, 0.15) is 12.8 Å². The zero-order valence-electron chi connectivity index (χ0n) is 11.5. The van der Waals surface area contributed by atoms with E-state index >= 15 is 0 Å². The number of pyridine rings is 1. The molecular weight excluding hydrogens is 278 g/mol. The van der Waals surface area contributed by atoms with Crippen LogP contribution in [-0.2, 0) is 14.8 Å². The molecule has 110 valence electrons. The highest BCUT2D eigenvalue weighted by atomic mass is 32.2. The zero-order valence-corrected chi connectivity index (χ0v) is 12.3. The SMILES string of the molecule is CN1CCC2(CC1)OCCN2S(=O)(=O)c1ccccn1. The molecule has 6 nitrogen and oxygen atoms in total. The van der Waals surface area contributed by atoms with Gasteiger partial charge in [0.2, 0.25) is 0 Å². The molecule has 7 heteroatoms. The van der Waals surface area contributed by atoms with Gasteiger partial charge in [0.15, 0.2) is 5.03 Å². The maximum Gasteiger partial charge on any atom is 0.263 e. The van der Waals surface area contributed by atoms with E-state index in [0.29, 0.717) is 26.0 Å². The van der Waals surface area contributed by atoms with Gasteiger partial charge in [0, 0.05) is 38.7 Å². The van der Waals surface area contributed by atoms with Crippen LogP contribution in [0, 0.1) is 0 Å². The molecule has 0 aliphatic carbocycles. The van der Waals surface area contributed by atoms with Crippen molar-refractivity contribution >= 4 is 10.0 Å². The van der Waals surface area contributed by atoms with E-state index in [1.165, 1.54) is 16.6 Å². The minimum atomic E-state index is -3.59. The Morgan fingerprint density at radius 3 is 2.65 bits per heavy atom. The summed E-state index contributed by atoms with van der Waals surface area (Å²) in [6, 6.07) is 4.94. The maximum absolute atomic E-state index is 12.8. The van der Waals surface area contributed by atoms with Crippen molar-refractivity contribution in [1.29, 1.82) is 0 Å². The number of hydrogen-bond donors (Lipinski definition) is 0. The van der Waals surface area contributed by atoms with E-state index in [1.807, 2.05) is 7.05 Å². The lowest BCUT2D eigenvalue weighted by molar-refractivity contribution is -0.0874. The Bertz CT molecular complexity index is 568. The molecule has 3 heterocycles. The fraction of sp³-hybridized carbons (Fsp3) is 0.615. The molecule has 2 aliphatic rings. The first kappa shape index (κ1) is 13.9. The normalized spacial score (nSPS) is 24.2. The van der Waals surface area contributed by atoms with E-state index < -0.39 is 15.7 Å². The number of rotatable bonds is 2. The average Bonchev–Trinajstić information content (AvgIpc) is 2.88. The number of aromatic nitrogens is 1. The van der Waals surface area contributed by atoms with Crippen LogP contribution in [0.3, 0.4) is 0 Å². The number of ether oxygens (including phenoxy) is 1. The summed E-state index contributed by atoms with van der Waals surface area (Å²) in [4.78, 5) is 6.19. The third-order valence-electron chi connectivity index (χ3n) is 4.08. The molecule has 0 bridgehead atoms. The van der Waals surface area contributed by atoms with E-state index in [-0.39, 0.29) is 5.03 Å². The van der Waals surface area contributed by atoms with Gasteiger partial charge in [0.25, 0.3) is 10.0 Å². The molecule has 0 radical (unpaired) electrons. The van der Waals surface area contributed by atoms with Gasteiger partial charge in [0.05, 0.1) is 6.61 Å². The lowest BCUT2D eigenvalue weighted by atomic mass is 10.0. The summed E-state index contributed by atoms with van der Waals surface area (Å²) in [7, 11) is -1.54. The van der Waals surface area contributed by atoms with Crippen LogP contribution in [0.5, 0.6) is 0 Å². The van der Waals surface area contributed by atoms with Crippen molar-refractivity contribution in [1.82, 2.24) is 14.2 Å². The molecule has 20 heavy (non-hydrogen) atoms. The molecule has 0 amide bonds. The Morgan fingerprint density at radius 2 is 2.00 bits per heavy atom. The van der Waals surface area contributed by atoms with E-state index in [4.69, 9.17) is 4.74 Å². The molecule has 1 aromatic heterocycles. The van der Waals surface area contributed by atoms with Gasteiger partial charge in [-0.3, -0.25) is 0 Å². The van der Waals surface area contributed by atoms with Gasteiger partial charge in [-0.1, -0.05) is 6.07 Å². The highest BCUT2D eigenvalue weighted by Crippen LogP contribution is 2.37. The largest absolute Gasteiger partial charge is 0.358 e. The summed E-state index contributed by atoms with van der Waals surface area (Å²) in [5, 5.41) is 0.101. The van der Waals surface area contributed by atoms with Crippen LogP contribution in [0.2, 0.25) is 0 Å². The highest BCUT2D eigenvalue weighted by molar-refractivity contribution is 7.89. The molecule has 2 fully saturated rings. The maximum atomic E-state index is 12.8. The van der Waals surface area contributed by atoms with Crippen LogP contribution in [0.25, 0.3) is 0 Å². The first-order chi connectivity index (χ1) is 9.55. The Balaban J connectivity index is 1.93. The highest BCUT2D eigenvalue weighted by Gasteiger charge is 2.50. The Labute approximate surface area is 119 Å². The summed E-state index contributed by atoms with van der Waals surface area (Å²) in [5.41, 5.74) is -0.678. The number of nitrogens with zero attached hydrogens (tertiary/aromatic N) is 3. The third-order valence-corrected chi connectivity index (χ3v) is 5.95. The van der Waals surface area contributed by atoms with Gasteiger partial charge in [0.1, 0.15) is 5.72 Å². The Kier molecular flexibility index (Phi) is 3.53. The lowest BCUT2D eigenvalue weighted by Gasteiger charge is -2.41. The number of hydrogen-bond acceptors (Lipinski definition) is 5. The van der Waals surface area contributed by atoms with E-state index in [9.17, 15) is 8.42 Å². The number of sulfonamides is 1. The molecule has 1 aromatic rings. The van der Waals surface area contributed by atoms with Gasteiger partial charge in [-0.05, 0) is 19.2 Å². The van der Waals surface area contributed by atoms with Crippen molar-refractivity contribution in [3.8, 4) is 0 Å².